The average Bonchev–Trinajstić information content (AvgIpc) is 2.45. The molecule has 0 aromatic rings. The highest BCUT2D eigenvalue weighted by Gasteiger charge is 2.39. The summed E-state index contributed by atoms with van der Waals surface area (Å²) < 4.78 is 10.6. The molecule has 2 N–H and O–H groups in total. The van der Waals surface area contributed by atoms with Crippen molar-refractivity contribution < 1.29 is 9.47 Å². The zero-order valence-electron chi connectivity index (χ0n) is 8.01. The molecule has 1 saturated heterocycles. The first kappa shape index (κ1) is 9.96. The van der Waals surface area contributed by atoms with Crippen molar-refractivity contribution in [2.45, 2.75) is 25.9 Å². The lowest BCUT2D eigenvalue weighted by atomic mass is 9.79. The molecule has 1 heterocycles. The van der Waals surface area contributed by atoms with Crippen molar-refractivity contribution in [1.82, 2.24) is 0 Å². The Morgan fingerprint density at radius 1 is 1.67 bits per heavy atom. The molecule has 1 fully saturated rings. The van der Waals surface area contributed by atoms with Gasteiger partial charge in [0.2, 0.25) is 0 Å². The van der Waals surface area contributed by atoms with Crippen molar-refractivity contribution in [2.75, 3.05) is 26.9 Å². The van der Waals surface area contributed by atoms with Gasteiger partial charge in [-0.1, -0.05) is 0 Å². The van der Waals surface area contributed by atoms with E-state index in [-0.39, 0.29) is 11.5 Å². The lowest BCUT2D eigenvalue weighted by Gasteiger charge is -2.30. The second kappa shape index (κ2) is 4.21. The fraction of sp³-hybridized carbons (Fsp3) is 1.00. The van der Waals surface area contributed by atoms with Gasteiger partial charge >= 0.3 is 0 Å². The second-order valence-corrected chi connectivity index (χ2v) is 3.57. The van der Waals surface area contributed by atoms with Gasteiger partial charge in [-0.05, 0) is 19.8 Å². The minimum absolute atomic E-state index is 0.177. The van der Waals surface area contributed by atoms with E-state index in [1.54, 1.807) is 7.11 Å². The third kappa shape index (κ3) is 1.79. The number of hydrogen-bond acceptors (Lipinski definition) is 3. The van der Waals surface area contributed by atoms with Gasteiger partial charge in [-0.3, -0.25) is 0 Å². The molecular formula is C9H19NO2. The van der Waals surface area contributed by atoms with Crippen LogP contribution in [0.4, 0.5) is 0 Å². The van der Waals surface area contributed by atoms with Crippen LogP contribution in [0.25, 0.3) is 0 Å². The van der Waals surface area contributed by atoms with Crippen LogP contribution >= 0.6 is 0 Å². The summed E-state index contributed by atoms with van der Waals surface area (Å²) in [6, 6.07) is 0. The Morgan fingerprint density at radius 3 is 2.83 bits per heavy atom. The summed E-state index contributed by atoms with van der Waals surface area (Å²) in [6.45, 7) is 4.44. The zero-order valence-corrected chi connectivity index (χ0v) is 8.01. The van der Waals surface area contributed by atoms with Crippen LogP contribution in [0.2, 0.25) is 0 Å². The first-order valence-corrected chi connectivity index (χ1v) is 4.56. The molecule has 72 valence electrons. The van der Waals surface area contributed by atoms with E-state index in [1.807, 2.05) is 0 Å². The molecule has 0 aromatic carbocycles. The van der Waals surface area contributed by atoms with Gasteiger partial charge in [-0.15, -0.1) is 0 Å². The maximum atomic E-state index is 5.76. The number of rotatable bonds is 4. The summed E-state index contributed by atoms with van der Waals surface area (Å²) in [5, 5.41) is 0. The van der Waals surface area contributed by atoms with Crippen LogP contribution in [0, 0.1) is 5.41 Å². The highest BCUT2D eigenvalue weighted by Crippen LogP contribution is 2.36. The van der Waals surface area contributed by atoms with E-state index in [9.17, 15) is 0 Å². The van der Waals surface area contributed by atoms with Gasteiger partial charge in [0, 0.05) is 32.3 Å². The Labute approximate surface area is 74.2 Å². The summed E-state index contributed by atoms with van der Waals surface area (Å²) in [6.07, 6.45) is 2.38. The molecule has 12 heavy (non-hydrogen) atoms. The Bertz CT molecular complexity index is 140. The largest absolute Gasteiger partial charge is 0.385 e. The van der Waals surface area contributed by atoms with Crippen LogP contribution in [0.5, 0.6) is 0 Å². The lowest BCUT2D eigenvalue weighted by Crippen LogP contribution is -2.37. The van der Waals surface area contributed by atoms with Crippen molar-refractivity contribution in [3.63, 3.8) is 0 Å². The lowest BCUT2D eigenvalue weighted by molar-refractivity contribution is 0.0466. The van der Waals surface area contributed by atoms with E-state index in [4.69, 9.17) is 15.2 Å². The summed E-state index contributed by atoms with van der Waals surface area (Å²) in [7, 11) is 1.73. The zero-order chi connectivity index (χ0) is 9.03. The second-order valence-electron chi connectivity index (χ2n) is 3.57. The minimum Gasteiger partial charge on any atom is -0.385 e. The molecule has 0 aliphatic carbocycles. The van der Waals surface area contributed by atoms with Crippen LogP contribution in [0.1, 0.15) is 19.8 Å². The summed E-state index contributed by atoms with van der Waals surface area (Å²) in [4.78, 5) is 0. The topological polar surface area (TPSA) is 44.5 Å². The summed E-state index contributed by atoms with van der Waals surface area (Å²) in [5.74, 6) is 0. The third-order valence-electron chi connectivity index (χ3n) is 3.04. The predicted octanol–water partition coefficient (Wildman–Crippen LogP) is 0.777. The van der Waals surface area contributed by atoms with Crippen LogP contribution in [-0.4, -0.2) is 33.0 Å². The molecule has 0 radical (unpaired) electrons. The molecule has 2 unspecified atom stereocenters. The number of ether oxygens (including phenoxy) is 2. The van der Waals surface area contributed by atoms with E-state index in [0.29, 0.717) is 6.54 Å². The molecule has 1 aliphatic rings. The van der Waals surface area contributed by atoms with E-state index < -0.39 is 0 Å². The Morgan fingerprint density at radius 2 is 2.42 bits per heavy atom. The quantitative estimate of drug-likeness (QED) is 0.683. The SMILES string of the molecule is COCCC1(CN)CCOC1C. The Kier molecular flexibility index (Phi) is 3.50. The summed E-state index contributed by atoms with van der Waals surface area (Å²) >= 11 is 0. The molecule has 1 rings (SSSR count). The number of nitrogens with two attached hydrogens (primary N) is 1. The van der Waals surface area contributed by atoms with Gasteiger partial charge in [-0.2, -0.15) is 0 Å². The fourth-order valence-corrected chi connectivity index (χ4v) is 1.82. The van der Waals surface area contributed by atoms with Crippen LogP contribution in [0.3, 0.4) is 0 Å². The molecule has 1 aliphatic heterocycles. The van der Waals surface area contributed by atoms with Gasteiger partial charge in [0.15, 0.2) is 0 Å². The molecule has 0 saturated carbocycles. The van der Waals surface area contributed by atoms with Crippen molar-refractivity contribution in [3.8, 4) is 0 Å². The molecule has 2 atom stereocenters. The van der Waals surface area contributed by atoms with Crippen LogP contribution in [0.15, 0.2) is 0 Å². The maximum Gasteiger partial charge on any atom is 0.0616 e. The molecule has 0 aromatic heterocycles. The highest BCUT2D eigenvalue weighted by atomic mass is 16.5. The molecule has 0 amide bonds. The van der Waals surface area contributed by atoms with Gasteiger partial charge in [-0.25, -0.2) is 0 Å². The van der Waals surface area contributed by atoms with E-state index in [1.165, 1.54) is 0 Å². The predicted molar refractivity (Wildman–Crippen MR) is 48.0 cm³/mol. The van der Waals surface area contributed by atoms with Crippen LogP contribution < -0.4 is 5.73 Å². The molecule has 3 heteroatoms. The average molecular weight is 173 g/mol. The van der Waals surface area contributed by atoms with Gasteiger partial charge < -0.3 is 15.2 Å². The van der Waals surface area contributed by atoms with E-state index in [2.05, 4.69) is 6.92 Å². The normalized spacial score (nSPS) is 35.8. The summed E-state index contributed by atoms with van der Waals surface area (Å²) in [5.41, 5.74) is 5.94. The minimum atomic E-state index is 0.177. The van der Waals surface area contributed by atoms with Gasteiger partial charge in [0.1, 0.15) is 0 Å². The fourth-order valence-electron chi connectivity index (χ4n) is 1.82. The monoisotopic (exact) mass is 173 g/mol. The highest BCUT2D eigenvalue weighted by molar-refractivity contribution is 4.90. The molecule has 0 spiro atoms. The molecule has 3 nitrogen and oxygen atoms in total. The standard InChI is InChI=1S/C9H19NO2/c1-8-9(7-10,3-5-11-2)4-6-12-8/h8H,3-7,10H2,1-2H3. The number of hydrogen-bond donors (Lipinski definition) is 1. The van der Waals surface area contributed by atoms with Crippen molar-refractivity contribution >= 4 is 0 Å². The van der Waals surface area contributed by atoms with Crippen molar-refractivity contribution in [3.05, 3.63) is 0 Å². The molecule has 0 bridgehead atoms. The van der Waals surface area contributed by atoms with Gasteiger partial charge in [0.25, 0.3) is 0 Å². The van der Waals surface area contributed by atoms with Crippen molar-refractivity contribution in [1.29, 1.82) is 0 Å². The van der Waals surface area contributed by atoms with E-state index >= 15 is 0 Å². The van der Waals surface area contributed by atoms with E-state index in [0.717, 1.165) is 26.1 Å². The Balaban J connectivity index is 2.49. The van der Waals surface area contributed by atoms with Gasteiger partial charge in [0.05, 0.1) is 6.10 Å². The third-order valence-corrected chi connectivity index (χ3v) is 3.04. The maximum absolute atomic E-state index is 5.76. The van der Waals surface area contributed by atoms with Crippen molar-refractivity contribution in [2.24, 2.45) is 11.1 Å². The van der Waals surface area contributed by atoms with Crippen LogP contribution in [-0.2, 0) is 9.47 Å². The number of methoxy groups -OCH3 is 1. The smallest absolute Gasteiger partial charge is 0.0616 e. The first-order valence-electron chi connectivity index (χ1n) is 4.56. The Hall–Kier alpha value is -0.120. The first-order chi connectivity index (χ1) is 5.75. The molecular weight excluding hydrogens is 154 g/mol.